The van der Waals surface area contributed by atoms with Crippen LogP contribution in [0, 0.1) is 17.1 Å². The first-order valence-corrected chi connectivity index (χ1v) is 11.6. The zero-order chi connectivity index (χ0) is 24.2. The van der Waals surface area contributed by atoms with Crippen molar-refractivity contribution in [3.63, 3.8) is 0 Å². The lowest BCUT2D eigenvalue weighted by Crippen LogP contribution is -2.30. The second kappa shape index (κ2) is 10.2. The van der Waals surface area contributed by atoms with Gasteiger partial charge in [-0.25, -0.2) is 9.18 Å². The van der Waals surface area contributed by atoms with Gasteiger partial charge in [-0.1, -0.05) is 36.4 Å². The molecular weight excluding hydrogens is 569 g/mol. The number of nitriles is 1. The number of carbonyl (C=O) groups is 2. The number of urea groups is 1. The molecule has 0 radical (unpaired) electrons. The summed E-state index contributed by atoms with van der Waals surface area (Å²) in [4.78, 5) is 26.1. The largest absolute Gasteiger partial charge is 0.486 e. The van der Waals surface area contributed by atoms with Crippen LogP contribution in [-0.2, 0) is 17.9 Å². The van der Waals surface area contributed by atoms with Gasteiger partial charge in [0.25, 0.3) is 5.91 Å². The molecule has 3 aromatic rings. The lowest BCUT2D eigenvalue weighted by molar-refractivity contribution is -0.123. The molecule has 4 rings (SSSR count). The summed E-state index contributed by atoms with van der Waals surface area (Å²) >= 11 is 6.95. The number of nitrogens with zero attached hydrogens (tertiary/aromatic N) is 2. The number of imide groups is 1. The van der Waals surface area contributed by atoms with Crippen LogP contribution in [0.15, 0.2) is 75.3 Å². The number of ether oxygens (including phenoxy) is 1. The highest BCUT2D eigenvalue weighted by atomic mass is 79.9. The Kier molecular flexibility index (Phi) is 7.10. The van der Waals surface area contributed by atoms with Crippen molar-refractivity contribution < 1.29 is 18.7 Å². The molecular formula is C25H16Br2FN3O3. The van der Waals surface area contributed by atoms with Crippen molar-refractivity contribution >= 4 is 49.9 Å². The van der Waals surface area contributed by atoms with Crippen molar-refractivity contribution in [3.8, 4) is 11.8 Å². The van der Waals surface area contributed by atoms with Crippen molar-refractivity contribution in [3.05, 3.63) is 103 Å². The fourth-order valence-corrected chi connectivity index (χ4v) is 4.84. The fourth-order valence-electron chi connectivity index (χ4n) is 3.38. The fraction of sp³-hybridized carbons (Fsp3) is 0.0800. The summed E-state index contributed by atoms with van der Waals surface area (Å²) in [7, 11) is 0. The third-order valence-electron chi connectivity index (χ3n) is 5.09. The maximum atomic E-state index is 14.0. The summed E-state index contributed by atoms with van der Waals surface area (Å²) in [5.74, 6) is -0.506. The molecule has 1 aliphatic rings. The molecule has 0 unspecified atom stereocenters. The molecule has 0 atom stereocenters. The van der Waals surface area contributed by atoms with Gasteiger partial charge in [0.1, 0.15) is 23.9 Å². The number of nitrogens with one attached hydrogen (secondary N) is 1. The van der Waals surface area contributed by atoms with Gasteiger partial charge < -0.3 is 10.1 Å². The van der Waals surface area contributed by atoms with Crippen LogP contribution in [0.5, 0.6) is 5.75 Å². The van der Waals surface area contributed by atoms with Gasteiger partial charge in [0.2, 0.25) is 0 Å². The molecule has 0 spiro atoms. The van der Waals surface area contributed by atoms with Crippen molar-refractivity contribution in [1.82, 2.24) is 10.2 Å². The van der Waals surface area contributed by atoms with Gasteiger partial charge in [0.05, 0.1) is 27.1 Å². The third-order valence-corrected chi connectivity index (χ3v) is 6.27. The van der Waals surface area contributed by atoms with Gasteiger partial charge >= 0.3 is 6.03 Å². The van der Waals surface area contributed by atoms with E-state index in [4.69, 9.17) is 4.74 Å². The number of hydrogen-bond acceptors (Lipinski definition) is 4. The van der Waals surface area contributed by atoms with E-state index in [1.165, 1.54) is 18.2 Å². The Labute approximate surface area is 211 Å². The van der Waals surface area contributed by atoms with Crippen LogP contribution in [0.3, 0.4) is 0 Å². The number of carbonyl (C=O) groups excluding carboxylic acids is 2. The molecule has 6 nitrogen and oxygen atoms in total. The highest BCUT2D eigenvalue weighted by Crippen LogP contribution is 2.36. The van der Waals surface area contributed by atoms with Gasteiger partial charge in [-0.15, -0.1) is 0 Å². The molecule has 1 aliphatic heterocycles. The summed E-state index contributed by atoms with van der Waals surface area (Å²) in [6, 6.07) is 18.2. The Morgan fingerprint density at radius 1 is 1.03 bits per heavy atom. The topological polar surface area (TPSA) is 82.4 Å². The summed E-state index contributed by atoms with van der Waals surface area (Å²) in [5, 5.41) is 11.8. The van der Waals surface area contributed by atoms with E-state index in [-0.39, 0.29) is 24.4 Å². The first-order valence-electron chi connectivity index (χ1n) is 10.0. The van der Waals surface area contributed by atoms with Gasteiger partial charge in [0.15, 0.2) is 0 Å². The van der Waals surface area contributed by atoms with Crippen LogP contribution >= 0.6 is 31.9 Å². The van der Waals surface area contributed by atoms with E-state index >= 15 is 0 Å². The van der Waals surface area contributed by atoms with E-state index in [0.29, 0.717) is 25.8 Å². The zero-order valence-corrected chi connectivity index (χ0v) is 20.7. The van der Waals surface area contributed by atoms with E-state index in [9.17, 15) is 19.2 Å². The van der Waals surface area contributed by atoms with E-state index < -0.39 is 17.8 Å². The van der Waals surface area contributed by atoms with Gasteiger partial charge in [-0.2, -0.15) is 5.26 Å². The molecule has 0 bridgehead atoms. The van der Waals surface area contributed by atoms with E-state index in [0.717, 1.165) is 10.5 Å². The minimum Gasteiger partial charge on any atom is -0.486 e. The first-order chi connectivity index (χ1) is 16.4. The van der Waals surface area contributed by atoms with Gasteiger partial charge in [0, 0.05) is 11.1 Å². The number of hydrogen-bond donors (Lipinski definition) is 1. The SMILES string of the molecule is N#Cc1ccccc1COc1c(Br)cc(/C=C2/NC(=O)N(Cc3ccccc3F)C2=O)cc1Br. The number of halogens is 3. The molecule has 3 aromatic carbocycles. The van der Waals surface area contributed by atoms with Crippen LogP contribution in [0.2, 0.25) is 0 Å². The lowest BCUT2D eigenvalue weighted by Gasteiger charge is -2.13. The van der Waals surface area contributed by atoms with E-state index in [2.05, 4.69) is 43.2 Å². The minimum atomic E-state index is -0.617. The standard InChI is InChI=1S/C25H16Br2FN3O3/c26-19-9-15(10-20(27)23(19)34-14-18-7-2-1-5-16(18)12-29)11-22-24(32)31(25(33)30-22)13-17-6-3-4-8-21(17)28/h1-11H,13-14H2,(H,30,33)/b22-11+. The average Bonchev–Trinajstić information content (AvgIpc) is 3.07. The quantitative estimate of drug-likeness (QED) is 0.289. The Balaban J connectivity index is 1.52. The van der Waals surface area contributed by atoms with Crippen molar-refractivity contribution in [2.45, 2.75) is 13.2 Å². The number of amides is 3. The van der Waals surface area contributed by atoms with Crippen LogP contribution in [0.25, 0.3) is 6.08 Å². The Morgan fingerprint density at radius 3 is 2.35 bits per heavy atom. The molecule has 1 N–H and O–H groups in total. The van der Waals surface area contributed by atoms with Crippen LogP contribution in [0.1, 0.15) is 22.3 Å². The van der Waals surface area contributed by atoms with Crippen molar-refractivity contribution in [1.29, 1.82) is 5.26 Å². The normalized spacial score (nSPS) is 14.3. The second-order valence-corrected chi connectivity index (χ2v) is 9.05. The lowest BCUT2D eigenvalue weighted by atomic mass is 10.1. The summed E-state index contributed by atoms with van der Waals surface area (Å²) in [6.45, 7) is 0.0277. The highest BCUT2D eigenvalue weighted by Gasteiger charge is 2.34. The van der Waals surface area contributed by atoms with Crippen molar-refractivity contribution in [2.75, 3.05) is 0 Å². The molecule has 0 saturated carbocycles. The number of benzene rings is 3. The van der Waals surface area contributed by atoms with Gasteiger partial charge in [-0.05, 0) is 67.8 Å². The first kappa shape index (κ1) is 23.7. The second-order valence-electron chi connectivity index (χ2n) is 7.34. The highest BCUT2D eigenvalue weighted by molar-refractivity contribution is 9.11. The molecule has 0 aromatic heterocycles. The predicted octanol–water partition coefficient (Wildman–Crippen LogP) is 5.89. The third kappa shape index (κ3) is 5.03. The molecule has 34 heavy (non-hydrogen) atoms. The Hall–Kier alpha value is -3.48. The van der Waals surface area contributed by atoms with Gasteiger partial charge in [-0.3, -0.25) is 9.69 Å². The molecule has 170 valence electrons. The van der Waals surface area contributed by atoms with Crippen LogP contribution in [0.4, 0.5) is 9.18 Å². The molecule has 1 heterocycles. The van der Waals surface area contributed by atoms with E-state index in [1.807, 2.05) is 12.1 Å². The molecule has 3 amide bonds. The predicted molar refractivity (Wildman–Crippen MR) is 131 cm³/mol. The summed E-state index contributed by atoms with van der Waals surface area (Å²) in [5.41, 5.74) is 2.24. The van der Waals surface area contributed by atoms with Crippen LogP contribution < -0.4 is 10.1 Å². The Morgan fingerprint density at radius 2 is 1.68 bits per heavy atom. The van der Waals surface area contributed by atoms with Crippen LogP contribution in [-0.4, -0.2) is 16.8 Å². The zero-order valence-electron chi connectivity index (χ0n) is 17.5. The molecule has 0 aliphatic carbocycles. The summed E-state index contributed by atoms with van der Waals surface area (Å²) in [6.07, 6.45) is 1.53. The smallest absolute Gasteiger partial charge is 0.329 e. The van der Waals surface area contributed by atoms with E-state index in [1.54, 1.807) is 36.4 Å². The molecule has 1 saturated heterocycles. The maximum absolute atomic E-state index is 14.0. The monoisotopic (exact) mass is 583 g/mol. The maximum Gasteiger partial charge on any atom is 0.329 e. The minimum absolute atomic E-state index is 0.0803. The number of rotatable bonds is 6. The average molecular weight is 585 g/mol. The molecule has 9 heteroatoms. The van der Waals surface area contributed by atoms with Crippen molar-refractivity contribution in [2.24, 2.45) is 0 Å². The Bertz CT molecular complexity index is 1340. The molecule has 1 fully saturated rings. The summed E-state index contributed by atoms with van der Waals surface area (Å²) < 4.78 is 21.1.